The molecular weight excluding hydrogens is 761 g/mol. The molecule has 2 aromatic carbocycles. The molecule has 0 amide bonds. The Balaban J connectivity index is 2.29. The number of fused-ring (bicyclic) bond motifs is 1. The molecule has 0 saturated heterocycles. The van der Waals surface area contributed by atoms with Gasteiger partial charge in [0, 0.05) is 29.4 Å². The number of azo groups is 1. The highest BCUT2D eigenvalue weighted by Gasteiger charge is 2.25. The van der Waals surface area contributed by atoms with Gasteiger partial charge in [0.05, 0.1) is 22.8 Å². The molecule has 6 N–H and O–H groups in total. The van der Waals surface area contributed by atoms with E-state index in [2.05, 4.69) is 36.6 Å². The van der Waals surface area contributed by atoms with Crippen LogP contribution in [0.1, 0.15) is 11.1 Å². The van der Waals surface area contributed by atoms with Gasteiger partial charge in [0.2, 0.25) is 0 Å². The maximum Gasteiger partial charge on any atom is 0.397 e. The van der Waals surface area contributed by atoms with Crippen molar-refractivity contribution in [1.29, 1.82) is 5.26 Å². The number of hydrogen-bond acceptors (Lipinski definition) is 17. The molecule has 49 heavy (non-hydrogen) atoms. The Morgan fingerprint density at radius 1 is 0.857 bits per heavy atom. The van der Waals surface area contributed by atoms with Crippen molar-refractivity contribution in [3.63, 3.8) is 0 Å². The van der Waals surface area contributed by atoms with E-state index in [-0.39, 0.29) is 35.0 Å². The molecule has 1 heterocycles. The van der Waals surface area contributed by atoms with Gasteiger partial charge in [0.15, 0.2) is 15.7 Å². The molecule has 0 atom stereocenters. The average Bonchev–Trinajstić information content (AvgIpc) is 2.96. The molecule has 3 aromatic rings. The van der Waals surface area contributed by atoms with Crippen LogP contribution in [-0.2, 0) is 54.8 Å². The van der Waals surface area contributed by atoms with Crippen LogP contribution in [0.25, 0.3) is 10.8 Å². The van der Waals surface area contributed by atoms with E-state index < -0.39 is 101 Å². The van der Waals surface area contributed by atoms with Crippen LogP contribution in [0.15, 0.2) is 61.2 Å². The fraction of sp³-hybridized carbons (Fsp3) is 0.217. The summed E-state index contributed by atoms with van der Waals surface area (Å²) in [5, 5.41) is 22.4. The minimum atomic E-state index is -5.25. The van der Waals surface area contributed by atoms with Gasteiger partial charge in [0.1, 0.15) is 33.1 Å². The zero-order valence-electron chi connectivity index (χ0n) is 24.5. The highest BCUT2D eigenvalue weighted by molar-refractivity contribution is 7.94. The van der Waals surface area contributed by atoms with Crippen molar-refractivity contribution in [1.82, 2.24) is 4.98 Å². The average molecular weight is 785 g/mol. The molecule has 0 unspecified atom stereocenters. The molecular formula is C23H24N6O15S5. The summed E-state index contributed by atoms with van der Waals surface area (Å²) in [7, 11) is -24.1. The highest BCUT2D eigenvalue weighted by Crippen LogP contribution is 2.38. The predicted molar refractivity (Wildman–Crippen MR) is 170 cm³/mol. The second kappa shape index (κ2) is 14.4. The Bertz CT molecular complexity index is 2480. The Morgan fingerprint density at radius 3 is 2.00 bits per heavy atom. The van der Waals surface area contributed by atoms with Gasteiger partial charge in [0.25, 0.3) is 30.4 Å². The van der Waals surface area contributed by atoms with Gasteiger partial charge < -0.3 is 10.6 Å². The largest absolute Gasteiger partial charge is 0.397 e. The van der Waals surface area contributed by atoms with Gasteiger partial charge in [-0.25, -0.2) is 17.6 Å². The Kier molecular flexibility index (Phi) is 11.5. The number of benzene rings is 2. The van der Waals surface area contributed by atoms with E-state index in [1.165, 1.54) is 6.92 Å². The fourth-order valence-corrected chi connectivity index (χ4v) is 6.82. The minimum absolute atomic E-state index is 0.0425. The molecule has 3 rings (SSSR count). The Labute approximate surface area is 279 Å². The molecule has 0 aliphatic carbocycles. The second-order valence-electron chi connectivity index (χ2n) is 9.49. The number of nitriles is 1. The van der Waals surface area contributed by atoms with Crippen molar-refractivity contribution in [2.75, 3.05) is 36.1 Å². The van der Waals surface area contributed by atoms with Gasteiger partial charge >= 0.3 is 10.4 Å². The molecule has 0 aliphatic heterocycles. The maximum absolute atomic E-state index is 12.3. The van der Waals surface area contributed by atoms with E-state index in [1.54, 1.807) is 0 Å². The Hall–Kier alpha value is -4.17. The third-order valence-electron chi connectivity index (χ3n) is 6.17. The van der Waals surface area contributed by atoms with Crippen molar-refractivity contribution in [3.8, 4) is 6.07 Å². The van der Waals surface area contributed by atoms with E-state index in [0.29, 0.717) is 29.7 Å². The summed E-state index contributed by atoms with van der Waals surface area (Å²) in [5.74, 6) is -0.973. The van der Waals surface area contributed by atoms with E-state index in [1.807, 2.05) is 6.07 Å². The molecule has 0 spiro atoms. The lowest BCUT2D eigenvalue weighted by Crippen LogP contribution is -2.17. The lowest BCUT2D eigenvalue weighted by atomic mass is 10.1. The molecule has 0 fully saturated rings. The number of rotatable bonds is 15. The third kappa shape index (κ3) is 10.2. The number of nitrogens with one attached hydrogen (secondary N) is 2. The van der Waals surface area contributed by atoms with Crippen molar-refractivity contribution in [3.05, 3.63) is 47.4 Å². The van der Waals surface area contributed by atoms with E-state index >= 15 is 0 Å². The summed E-state index contributed by atoms with van der Waals surface area (Å²) in [4.78, 5) is 0.909. The number of anilines is 2. The number of aromatic nitrogens is 1. The van der Waals surface area contributed by atoms with Crippen LogP contribution in [-0.4, -0.2) is 90.7 Å². The smallest absolute Gasteiger partial charge is 0.368 e. The summed E-state index contributed by atoms with van der Waals surface area (Å²) < 4.78 is 160. The number of hydrogen-bond donors (Lipinski definition) is 6. The summed E-state index contributed by atoms with van der Waals surface area (Å²) in [6.45, 7) is 3.12. The molecule has 0 bridgehead atoms. The molecule has 21 nitrogen and oxygen atoms in total. The van der Waals surface area contributed by atoms with Crippen molar-refractivity contribution in [2.24, 2.45) is 10.2 Å². The Morgan fingerprint density at radius 2 is 1.47 bits per heavy atom. The maximum atomic E-state index is 12.3. The topological polar surface area (TPSA) is 346 Å². The van der Waals surface area contributed by atoms with E-state index in [4.69, 9.17) is 4.55 Å². The molecule has 0 radical (unpaired) electrons. The standard InChI is InChI=1S/C23H24N6O15S5/c1-3-45(30,31)7-5-26-22-17(12-24)13(2)21(23(27-22)25-4-6-44-49(41,42)43)29-28-18-11-16-14(9-20(18)48(38,39)40)8-15(46(32,33)34)10-19(16)47(35,36)37/h3,8-11H,1,4-7H2,2H3,(H2,25,26,27)(H,32,33,34)(H,35,36,37)(H,38,39,40)(H,41,42,43)/b29-28+. The quantitative estimate of drug-likeness (QED) is 0.0726. The molecule has 266 valence electrons. The van der Waals surface area contributed by atoms with Gasteiger partial charge in [-0.3, -0.25) is 18.2 Å². The molecule has 0 aliphatic rings. The number of pyridine rings is 1. The second-order valence-corrected chi connectivity index (χ2v) is 16.9. The molecule has 26 heteroatoms. The lowest BCUT2D eigenvalue weighted by molar-refractivity contribution is 0.278. The predicted octanol–water partition coefficient (Wildman–Crippen LogP) is 1.77. The summed E-state index contributed by atoms with van der Waals surface area (Å²) in [5.41, 5.74) is -1.41. The monoisotopic (exact) mass is 784 g/mol. The molecule has 0 saturated carbocycles. The van der Waals surface area contributed by atoms with Gasteiger partial charge in [-0.05, 0) is 36.6 Å². The van der Waals surface area contributed by atoms with Crippen LogP contribution in [0, 0.1) is 18.3 Å². The number of nitrogens with zero attached hydrogens (tertiary/aromatic N) is 4. The van der Waals surface area contributed by atoms with Gasteiger partial charge in [-0.1, -0.05) is 6.58 Å². The summed E-state index contributed by atoms with van der Waals surface area (Å²) in [6, 6.07) is 4.10. The minimum Gasteiger partial charge on any atom is -0.368 e. The number of sulfone groups is 1. The normalized spacial score (nSPS) is 13.0. The fourth-order valence-electron chi connectivity index (χ4n) is 3.99. The van der Waals surface area contributed by atoms with Crippen LogP contribution in [0.3, 0.4) is 0 Å². The summed E-state index contributed by atoms with van der Waals surface area (Å²) in [6.07, 6.45) is 0. The highest BCUT2D eigenvalue weighted by atomic mass is 32.3. The van der Waals surface area contributed by atoms with Crippen LogP contribution in [0.5, 0.6) is 0 Å². The van der Waals surface area contributed by atoms with Crippen molar-refractivity contribution in [2.45, 2.75) is 21.6 Å². The van der Waals surface area contributed by atoms with E-state index in [9.17, 15) is 61.0 Å². The lowest BCUT2D eigenvalue weighted by Gasteiger charge is -2.15. The zero-order chi connectivity index (χ0) is 37.2. The van der Waals surface area contributed by atoms with Gasteiger partial charge in [-0.15, -0.1) is 10.2 Å². The van der Waals surface area contributed by atoms with Crippen molar-refractivity contribution < 1.29 is 64.5 Å². The van der Waals surface area contributed by atoms with Crippen LogP contribution in [0.4, 0.5) is 23.0 Å². The first kappa shape index (κ1) is 39.3. The first-order valence-electron chi connectivity index (χ1n) is 12.7. The van der Waals surface area contributed by atoms with Crippen molar-refractivity contribution >= 4 is 84.4 Å². The first-order valence-corrected chi connectivity index (χ1v) is 20.1. The van der Waals surface area contributed by atoms with Crippen LogP contribution in [0.2, 0.25) is 0 Å². The SMILES string of the molecule is C=CS(=O)(=O)CCNc1nc(NCCOS(=O)(=O)O)c(/N=N/c2cc3c(S(=O)(=O)O)cc(S(=O)(=O)O)cc3cc2S(=O)(=O)O)c(C)c1C#N. The first-order chi connectivity index (χ1) is 22.4. The van der Waals surface area contributed by atoms with Crippen LogP contribution >= 0.6 is 0 Å². The van der Waals surface area contributed by atoms with Gasteiger partial charge in [-0.2, -0.15) is 38.9 Å². The van der Waals surface area contributed by atoms with E-state index in [0.717, 1.165) is 0 Å². The third-order valence-corrected chi connectivity index (χ3v) is 10.5. The zero-order valence-corrected chi connectivity index (χ0v) is 28.6. The van der Waals surface area contributed by atoms with Crippen LogP contribution < -0.4 is 10.6 Å². The summed E-state index contributed by atoms with van der Waals surface area (Å²) >= 11 is 0. The molecule has 1 aromatic heterocycles.